The van der Waals surface area contributed by atoms with E-state index in [1.54, 1.807) is 6.92 Å². The van der Waals surface area contributed by atoms with Crippen LogP contribution in [0.2, 0.25) is 0 Å². The van der Waals surface area contributed by atoms with E-state index in [1.807, 2.05) is 13.8 Å². The molecule has 0 bridgehead atoms. The number of rotatable bonds is 5. The fourth-order valence-electron chi connectivity index (χ4n) is 1.56. The number of hydrogen-bond acceptors (Lipinski definition) is 4. The molecule has 0 saturated carbocycles. The number of anilines is 1. The van der Waals surface area contributed by atoms with Gasteiger partial charge >= 0.3 is 0 Å². The highest BCUT2D eigenvalue weighted by Gasteiger charge is 2.20. The number of hydrogen-bond donors (Lipinski definition) is 4. The first-order valence-corrected chi connectivity index (χ1v) is 5.69. The first-order chi connectivity index (χ1) is 7.97. The van der Waals surface area contributed by atoms with E-state index in [0.717, 1.165) is 0 Å². The van der Waals surface area contributed by atoms with E-state index in [-0.39, 0.29) is 30.2 Å². The average molecular weight is 240 g/mol. The second-order valence-corrected chi connectivity index (χ2v) is 4.45. The van der Waals surface area contributed by atoms with Crippen LogP contribution in [0.15, 0.2) is 0 Å². The van der Waals surface area contributed by atoms with E-state index in [2.05, 4.69) is 15.5 Å². The number of carbonyl (C=O) groups is 1. The van der Waals surface area contributed by atoms with Gasteiger partial charge in [-0.3, -0.25) is 9.89 Å². The molecule has 17 heavy (non-hydrogen) atoms. The van der Waals surface area contributed by atoms with Crippen LogP contribution in [0.5, 0.6) is 0 Å². The molecule has 96 valence electrons. The van der Waals surface area contributed by atoms with Crippen molar-refractivity contribution < 1.29 is 9.90 Å². The lowest BCUT2D eigenvalue weighted by Crippen LogP contribution is -2.39. The number of aliphatic hydroxyl groups is 1. The molecule has 1 unspecified atom stereocenters. The Hall–Kier alpha value is -1.56. The maximum atomic E-state index is 11.9. The van der Waals surface area contributed by atoms with E-state index < -0.39 is 0 Å². The van der Waals surface area contributed by atoms with Crippen LogP contribution in [0.4, 0.5) is 5.69 Å². The van der Waals surface area contributed by atoms with Gasteiger partial charge in [-0.15, -0.1) is 0 Å². The van der Waals surface area contributed by atoms with Crippen molar-refractivity contribution in [3.05, 3.63) is 11.4 Å². The van der Waals surface area contributed by atoms with Crippen LogP contribution in [0.3, 0.4) is 0 Å². The fraction of sp³-hybridized carbons (Fsp3) is 0.636. The zero-order valence-corrected chi connectivity index (χ0v) is 10.4. The molecule has 1 atom stereocenters. The van der Waals surface area contributed by atoms with E-state index in [1.165, 1.54) is 0 Å². The maximum absolute atomic E-state index is 11.9. The fourth-order valence-corrected chi connectivity index (χ4v) is 1.56. The minimum atomic E-state index is -0.306. The minimum Gasteiger partial charge on any atom is -0.396 e. The molecular weight excluding hydrogens is 220 g/mol. The van der Waals surface area contributed by atoms with Crippen molar-refractivity contribution in [2.75, 3.05) is 12.3 Å². The summed E-state index contributed by atoms with van der Waals surface area (Å²) in [6.07, 6.45) is 0.521. The van der Waals surface area contributed by atoms with Crippen molar-refractivity contribution >= 4 is 11.6 Å². The summed E-state index contributed by atoms with van der Waals surface area (Å²) in [6.45, 7) is 5.77. The van der Waals surface area contributed by atoms with Gasteiger partial charge in [-0.2, -0.15) is 5.10 Å². The van der Waals surface area contributed by atoms with E-state index in [0.29, 0.717) is 17.8 Å². The predicted octanol–water partition coefficient (Wildman–Crippen LogP) is 0.437. The monoisotopic (exact) mass is 240 g/mol. The predicted molar refractivity (Wildman–Crippen MR) is 65.5 cm³/mol. The molecule has 0 aliphatic heterocycles. The van der Waals surface area contributed by atoms with Crippen molar-refractivity contribution in [3.8, 4) is 0 Å². The zero-order chi connectivity index (χ0) is 13.0. The highest BCUT2D eigenvalue weighted by molar-refractivity contribution is 5.97. The summed E-state index contributed by atoms with van der Waals surface area (Å²) < 4.78 is 0. The SMILES string of the molecule is Cc1[nH]nc(C(=O)NC(CCO)C(C)C)c1N. The third-order valence-electron chi connectivity index (χ3n) is 2.77. The number of nitrogens with one attached hydrogen (secondary N) is 2. The lowest BCUT2D eigenvalue weighted by Gasteiger charge is -2.20. The van der Waals surface area contributed by atoms with Gasteiger partial charge in [-0.05, 0) is 19.3 Å². The second kappa shape index (κ2) is 5.67. The van der Waals surface area contributed by atoms with Gasteiger partial charge in [0.1, 0.15) is 0 Å². The van der Waals surface area contributed by atoms with Crippen molar-refractivity contribution in [1.82, 2.24) is 15.5 Å². The molecule has 1 rings (SSSR count). The van der Waals surface area contributed by atoms with Crippen molar-refractivity contribution in [2.45, 2.75) is 33.2 Å². The maximum Gasteiger partial charge on any atom is 0.274 e. The number of aromatic nitrogens is 2. The molecule has 6 nitrogen and oxygen atoms in total. The van der Waals surface area contributed by atoms with Crippen LogP contribution in [-0.4, -0.2) is 33.9 Å². The average Bonchev–Trinajstić information content (AvgIpc) is 2.59. The zero-order valence-electron chi connectivity index (χ0n) is 10.4. The van der Waals surface area contributed by atoms with Crippen LogP contribution < -0.4 is 11.1 Å². The Bertz CT molecular complexity index is 387. The van der Waals surface area contributed by atoms with E-state index >= 15 is 0 Å². The molecule has 0 aromatic carbocycles. The number of aryl methyl sites for hydroxylation is 1. The third kappa shape index (κ3) is 3.20. The molecule has 1 aromatic rings. The Morgan fingerprint density at radius 1 is 1.59 bits per heavy atom. The van der Waals surface area contributed by atoms with Crippen LogP contribution in [0, 0.1) is 12.8 Å². The molecular formula is C11H20N4O2. The quantitative estimate of drug-likeness (QED) is 0.599. The number of H-pyrrole nitrogens is 1. The van der Waals surface area contributed by atoms with Gasteiger partial charge in [0.25, 0.3) is 5.91 Å². The Labute approximate surface area is 101 Å². The molecule has 5 N–H and O–H groups in total. The number of nitrogen functional groups attached to an aromatic ring is 1. The van der Waals surface area contributed by atoms with E-state index in [9.17, 15) is 4.79 Å². The molecule has 0 saturated heterocycles. The number of carbonyl (C=O) groups excluding carboxylic acids is 1. The van der Waals surface area contributed by atoms with Gasteiger partial charge in [0.05, 0.1) is 11.4 Å². The minimum absolute atomic E-state index is 0.0399. The van der Waals surface area contributed by atoms with Gasteiger partial charge in [-0.1, -0.05) is 13.8 Å². The molecule has 1 amide bonds. The number of nitrogens with two attached hydrogens (primary N) is 1. The molecule has 1 heterocycles. The summed E-state index contributed by atoms with van der Waals surface area (Å²) >= 11 is 0. The van der Waals surface area contributed by atoms with Crippen LogP contribution in [0.25, 0.3) is 0 Å². The Kier molecular flexibility index (Phi) is 4.51. The first-order valence-electron chi connectivity index (χ1n) is 5.69. The van der Waals surface area contributed by atoms with Gasteiger partial charge in [0, 0.05) is 12.6 Å². The summed E-state index contributed by atoms with van der Waals surface area (Å²) in [7, 11) is 0. The standard InChI is InChI=1S/C11H20N4O2/c1-6(2)8(4-5-16)13-11(17)10-9(12)7(3)14-15-10/h6,8,16H,4-5,12H2,1-3H3,(H,13,17)(H,14,15). The van der Waals surface area contributed by atoms with Crippen molar-refractivity contribution in [2.24, 2.45) is 5.92 Å². The van der Waals surface area contributed by atoms with Crippen LogP contribution in [0.1, 0.15) is 36.5 Å². The normalized spacial score (nSPS) is 12.8. The van der Waals surface area contributed by atoms with Gasteiger partial charge in [-0.25, -0.2) is 0 Å². The van der Waals surface area contributed by atoms with Gasteiger partial charge < -0.3 is 16.2 Å². The molecule has 1 aromatic heterocycles. The van der Waals surface area contributed by atoms with Crippen molar-refractivity contribution in [1.29, 1.82) is 0 Å². The molecule has 0 spiro atoms. The van der Waals surface area contributed by atoms with Gasteiger partial charge in [0.15, 0.2) is 5.69 Å². The number of nitrogens with zero attached hydrogens (tertiary/aromatic N) is 1. The van der Waals surface area contributed by atoms with Crippen LogP contribution in [-0.2, 0) is 0 Å². The third-order valence-corrected chi connectivity index (χ3v) is 2.77. The Morgan fingerprint density at radius 2 is 2.24 bits per heavy atom. The summed E-state index contributed by atoms with van der Waals surface area (Å²) in [5.41, 5.74) is 6.99. The molecule has 0 aliphatic rings. The summed E-state index contributed by atoms with van der Waals surface area (Å²) in [5, 5.41) is 18.3. The smallest absolute Gasteiger partial charge is 0.274 e. The summed E-state index contributed by atoms with van der Waals surface area (Å²) in [4.78, 5) is 11.9. The second-order valence-electron chi connectivity index (χ2n) is 4.45. The molecule has 6 heteroatoms. The highest BCUT2D eigenvalue weighted by Crippen LogP contribution is 2.13. The summed E-state index contributed by atoms with van der Waals surface area (Å²) in [6, 6.07) is -0.0797. The highest BCUT2D eigenvalue weighted by atomic mass is 16.3. The van der Waals surface area contributed by atoms with Crippen molar-refractivity contribution in [3.63, 3.8) is 0 Å². The molecule has 0 aliphatic carbocycles. The van der Waals surface area contributed by atoms with E-state index in [4.69, 9.17) is 10.8 Å². The largest absolute Gasteiger partial charge is 0.396 e. The topological polar surface area (TPSA) is 104 Å². The molecule has 0 fully saturated rings. The lowest BCUT2D eigenvalue weighted by atomic mass is 10.0. The summed E-state index contributed by atoms with van der Waals surface area (Å²) in [5.74, 6) is -0.0636. The Balaban J connectivity index is 2.74. The number of amides is 1. The van der Waals surface area contributed by atoms with Gasteiger partial charge in [0.2, 0.25) is 0 Å². The number of aromatic amines is 1. The number of aliphatic hydroxyl groups excluding tert-OH is 1. The first kappa shape index (κ1) is 13.5. The van der Waals surface area contributed by atoms with Crippen LogP contribution >= 0.6 is 0 Å². The molecule has 0 radical (unpaired) electrons. The lowest BCUT2D eigenvalue weighted by molar-refractivity contribution is 0.0912. The Morgan fingerprint density at radius 3 is 2.65 bits per heavy atom.